The van der Waals surface area contributed by atoms with Gasteiger partial charge in [0.05, 0.1) is 0 Å². The highest BCUT2D eigenvalue weighted by Gasteiger charge is 2.26. The monoisotopic (exact) mass is 301 g/mol. The van der Waals surface area contributed by atoms with E-state index in [4.69, 9.17) is 0 Å². The molecule has 0 spiro atoms. The van der Waals surface area contributed by atoms with Crippen molar-refractivity contribution in [3.05, 3.63) is 35.9 Å². The lowest BCUT2D eigenvalue weighted by atomic mass is 10.0. The summed E-state index contributed by atoms with van der Waals surface area (Å²) < 4.78 is 0. The van der Waals surface area contributed by atoms with Crippen molar-refractivity contribution >= 4 is 11.8 Å². The van der Waals surface area contributed by atoms with E-state index >= 15 is 0 Å². The van der Waals surface area contributed by atoms with Crippen LogP contribution in [0.25, 0.3) is 0 Å². The van der Waals surface area contributed by atoms with Gasteiger partial charge in [0.2, 0.25) is 11.8 Å². The lowest BCUT2D eigenvalue weighted by Crippen LogP contribution is -2.48. The predicted octanol–water partition coefficient (Wildman–Crippen LogP) is 1.17. The van der Waals surface area contributed by atoms with Crippen LogP contribution in [-0.4, -0.2) is 54.3 Å². The molecule has 0 bridgehead atoms. The Labute approximate surface area is 131 Å². The first-order valence-electron chi connectivity index (χ1n) is 8.08. The van der Waals surface area contributed by atoms with Crippen molar-refractivity contribution in [2.24, 2.45) is 0 Å². The minimum atomic E-state index is 0.155. The highest BCUT2D eigenvalue weighted by Crippen LogP contribution is 2.18. The van der Waals surface area contributed by atoms with Crippen molar-refractivity contribution in [1.29, 1.82) is 0 Å². The van der Waals surface area contributed by atoms with Gasteiger partial charge in [-0.3, -0.25) is 9.59 Å². The van der Waals surface area contributed by atoms with Crippen molar-refractivity contribution in [1.82, 2.24) is 15.1 Å². The summed E-state index contributed by atoms with van der Waals surface area (Å²) in [5.41, 5.74) is 1.22. The van der Waals surface area contributed by atoms with E-state index in [1.807, 2.05) is 28.0 Å². The molecule has 1 atom stereocenters. The number of hydrogen-bond acceptors (Lipinski definition) is 3. The second-order valence-corrected chi connectivity index (χ2v) is 5.99. The van der Waals surface area contributed by atoms with Gasteiger partial charge < -0.3 is 15.1 Å². The minimum Gasteiger partial charge on any atom is -0.342 e. The van der Waals surface area contributed by atoms with E-state index in [9.17, 15) is 9.59 Å². The maximum absolute atomic E-state index is 12.4. The van der Waals surface area contributed by atoms with Gasteiger partial charge in [-0.15, -0.1) is 0 Å². The van der Waals surface area contributed by atoms with Gasteiger partial charge in [0.15, 0.2) is 0 Å². The topological polar surface area (TPSA) is 52.7 Å². The van der Waals surface area contributed by atoms with Crippen molar-refractivity contribution in [3.8, 4) is 0 Å². The Morgan fingerprint density at radius 3 is 2.77 bits per heavy atom. The lowest BCUT2D eigenvalue weighted by molar-refractivity contribution is -0.133. The summed E-state index contributed by atoms with van der Waals surface area (Å²) in [6.07, 6.45) is 2.00. The van der Waals surface area contributed by atoms with Crippen LogP contribution in [0.2, 0.25) is 0 Å². The number of likely N-dealkylation sites (tertiary alicyclic amines) is 1. The van der Waals surface area contributed by atoms with Crippen LogP contribution >= 0.6 is 0 Å². The minimum absolute atomic E-state index is 0.155. The number of nitrogens with one attached hydrogen (secondary N) is 1. The van der Waals surface area contributed by atoms with E-state index in [0.717, 1.165) is 26.1 Å². The molecule has 5 nitrogen and oxygen atoms in total. The number of amides is 2. The predicted molar refractivity (Wildman–Crippen MR) is 84.2 cm³/mol. The summed E-state index contributed by atoms with van der Waals surface area (Å²) in [5.74, 6) is 0.345. The second kappa shape index (κ2) is 6.92. The Bertz CT molecular complexity index is 532. The first kappa shape index (κ1) is 15.0. The normalized spacial score (nSPS) is 22.2. The van der Waals surface area contributed by atoms with Gasteiger partial charge in [-0.1, -0.05) is 30.3 Å². The van der Waals surface area contributed by atoms with Crippen molar-refractivity contribution in [2.75, 3.05) is 32.7 Å². The lowest BCUT2D eigenvalue weighted by Gasteiger charge is -2.34. The number of hydrogen-bond donors (Lipinski definition) is 1. The average molecular weight is 301 g/mol. The molecule has 1 aromatic carbocycles. The van der Waals surface area contributed by atoms with Crippen LogP contribution in [0.4, 0.5) is 0 Å². The maximum atomic E-state index is 12.4. The van der Waals surface area contributed by atoms with E-state index in [0.29, 0.717) is 25.9 Å². The summed E-state index contributed by atoms with van der Waals surface area (Å²) in [6, 6.07) is 10.4. The van der Waals surface area contributed by atoms with E-state index in [2.05, 4.69) is 17.4 Å². The molecule has 5 heteroatoms. The van der Waals surface area contributed by atoms with Crippen LogP contribution in [0.3, 0.4) is 0 Å². The Morgan fingerprint density at radius 1 is 1.23 bits per heavy atom. The number of carbonyl (C=O) groups excluding carboxylic acids is 2. The Kier molecular flexibility index (Phi) is 4.73. The first-order valence-corrected chi connectivity index (χ1v) is 8.08. The van der Waals surface area contributed by atoms with Gasteiger partial charge in [-0.25, -0.2) is 0 Å². The molecule has 22 heavy (non-hydrogen) atoms. The zero-order valence-corrected chi connectivity index (χ0v) is 12.8. The van der Waals surface area contributed by atoms with Crippen molar-refractivity contribution in [2.45, 2.75) is 25.3 Å². The summed E-state index contributed by atoms with van der Waals surface area (Å²) >= 11 is 0. The molecule has 118 valence electrons. The molecule has 1 N–H and O–H groups in total. The molecule has 2 heterocycles. The summed E-state index contributed by atoms with van der Waals surface area (Å²) in [6.45, 7) is 3.64. The van der Waals surface area contributed by atoms with Gasteiger partial charge in [-0.2, -0.15) is 0 Å². The summed E-state index contributed by atoms with van der Waals surface area (Å²) in [4.78, 5) is 27.7. The van der Waals surface area contributed by atoms with Crippen LogP contribution in [0, 0.1) is 0 Å². The van der Waals surface area contributed by atoms with Gasteiger partial charge in [0.1, 0.15) is 0 Å². The largest absolute Gasteiger partial charge is 0.342 e. The zero-order chi connectivity index (χ0) is 15.4. The quantitative estimate of drug-likeness (QED) is 0.908. The molecule has 2 saturated heterocycles. The molecule has 2 aliphatic heterocycles. The molecule has 3 rings (SSSR count). The van der Waals surface area contributed by atoms with Crippen LogP contribution in [-0.2, 0) is 9.59 Å². The molecule has 0 aromatic heterocycles. The molecule has 1 aromatic rings. The zero-order valence-electron chi connectivity index (χ0n) is 12.8. The molecule has 2 aliphatic rings. The molecular formula is C17H23N3O2. The van der Waals surface area contributed by atoms with Crippen molar-refractivity contribution < 1.29 is 9.59 Å². The number of benzene rings is 1. The van der Waals surface area contributed by atoms with Gasteiger partial charge in [0.25, 0.3) is 0 Å². The Balaban J connectivity index is 1.53. The summed E-state index contributed by atoms with van der Waals surface area (Å²) in [7, 11) is 0. The van der Waals surface area contributed by atoms with E-state index in [-0.39, 0.29) is 17.9 Å². The van der Waals surface area contributed by atoms with Crippen LogP contribution < -0.4 is 5.32 Å². The summed E-state index contributed by atoms with van der Waals surface area (Å²) in [5, 5.41) is 3.47. The third-order valence-electron chi connectivity index (χ3n) is 4.50. The standard InChI is InChI=1S/C17H23N3O2/c21-16-7-4-10-19(16)11-8-17(22)20-12-9-18-15(13-20)14-5-2-1-3-6-14/h1-3,5-6,15,18H,4,7-13H2/t15-/m1/s1. The fourth-order valence-electron chi connectivity index (χ4n) is 3.21. The fraction of sp³-hybridized carbons (Fsp3) is 0.529. The SMILES string of the molecule is O=C1CCCN1CCC(=O)N1CCN[C@@H](c2ccccc2)C1. The second-order valence-electron chi connectivity index (χ2n) is 5.99. The number of rotatable bonds is 4. The van der Waals surface area contributed by atoms with Crippen LogP contribution in [0.5, 0.6) is 0 Å². The highest BCUT2D eigenvalue weighted by atomic mass is 16.2. The third-order valence-corrected chi connectivity index (χ3v) is 4.50. The van der Waals surface area contributed by atoms with Crippen LogP contribution in [0.1, 0.15) is 30.9 Å². The molecule has 0 saturated carbocycles. The van der Waals surface area contributed by atoms with Crippen LogP contribution in [0.15, 0.2) is 30.3 Å². The molecule has 0 radical (unpaired) electrons. The van der Waals surface area contributed by atoms with Gasteiger partial charge in [0, 0.05) is 51.6 Å². The third kappa shape index (κ3) is 3.47. The highest BCUT2D eigenvalue weighted by molar-refractivity contribution is 5.80. The molecule has 2 fully saturated rings. The van der Waals surface area contributed by atoms with E-state index < -0.39 is 0 Å². The van der Waals surface area contributed by atoms with E-state index in [1.54, 1.807) is 0 Å². The number of carbonyl (C=O) groups is 2. The average Bonchev–Trinajstić information content (AvgIpc) is 2.99. The van der Waals surface area contributed by atoms with E-state index in [1.165, 1.54) is 5.56 Å². The fourth-order valence-corrected chi connectivity index (χ4v) is 3.21. The smallest absolute Gasteiger partial charge is 0.224 e. The maximum Gasteiger partial charge on any atom is 0.224 e. The molecular weight excluding hydrogens is 278 g/mol. The molecule has 0 unspecified atom stereocenters. The van der Waals surface area contributed by atoms with Gasteiger partial charge >= 0.3 is 0 Å². The van der Waals surface area contributed by atoms with Gasteiger partial charge in [-0.05, 0) is 12.0 Å². The Hall–Kier alpha value is -1.88. The Morgan fingerprint density at radius 2 is 2.05 bits per heavy atom. The first-order chi connectivity index (χ1) is 10.7. The van der Waals surface area contributed by atoms with Crippen molar-refractivity contribution in [3.63, 3.8) is 0 Å². The molecule has 2 amide bonds. The number of piperazine rings is 1. The molecule has 0 aliphatic carbocycles. The number of nitrogens with zero attached hydrogens (tertiary/aromatic N) is 2.